The molecule has 0 aliphatic carbocycles. The predicted molar refractivity (Wildman–Crippen MR) is 130 cm³/mol. The monoisotopic (exact) mass is 473 g/mol. The SMILES string of the molecule is Cc1cc(C(=O)CSc2nc3ccccc3n2CCC(C)C)c(C)n1[C@@H]1CCS(=O)(=O)C1. The van der Waals surface area contributed by atoms with E-state index in [0.29, 0.717) is 23.7 Å². The minimum atomic E-state index is -2.98. The van der Waals surface area contributed by atoms with Crippen LogP contribution in [0, 0.1) is 19.8 Å². The van der Waals surface area contributed by atoms with E-state index in [1.807, 2.05) is 42.7 Å². The van der Waals surface area contributed by atoms with Crippen LogP contribution in [0.3, 0.4) is 0 Å². The Kier molecular flexibility index (Phi) is 6.54. The highest BCUT2D eigenvalue weighted by Crippen LogP contribution is 2.31. The van der Waals surface area contributed by atoms with Gasteiger partial charge in [-0.05, 0) is 50.8 Å². The summed E-state index contributed by atoms with van der Waals surface area (Å²) in [4.78, 5) is 17.9. The molecule has 1 fully saturated rings. The molecule has 4 rings (SSSR count). The lowest BCUT2D eigenvalue weighted by molar-refractivity contribution is 0.102. The predicted octanol–water partition coefficient (Wildman–Crippen LogP) is 4.84. The molecule has 6 nitrogen and oxygen atoms in total. The van der Waals surface area contributed by atoms with Crippen LogP contribution in [-0.2, 0) is 16.4 Å². The fourth-order valence-corrected chi connectivity index (χ4v) is 7.20. The number of sulfone groups is 1. The van der Waals surface area contributed by atoms with Gasteiger partial charge in [-0.1, -0.05) is 37.7 Å². The maximum atomic E-state index is 13.1. The number of aryl methyl sites for hydroxylation is 2. The maximum absolute atomic E-state index is 13.1. The summed E-state index contributed by atoms with van der Waals surface area (Å²) in [7, 11) is -2.98. The fraction of sp³-hybridized carbons (Fsp3) is 0.500. The van der Waals surface area contributed by atoms with E-state index in [4.69, 9.17) is 4.98 Å². The third-order valence-corrected chi connectivity index (χ3v) is 8.97. The number of carbonyl (C=O) groups is 1. The van der Waals surface area contributed by atoms with Crippen LogP contribution in [0.2, 0.25) is 0 Å². The summed E-state index contributed by atoms with van der Waals surface area (Å²) in [5.41, 5.74) is 4.55. The number of ketones is 1. The Balaban J connectivity index is 1.54. The second-order valence-electron chi connectivity index (χ2n) is 9.14. The maximum Gasteiger partial charge on any atom is 0.175 e. The van der Waals surface area contributed by atoms with E-state index in [2.05, 4.69) is 24.5 Å². The molecule has 1 aromatic carbocycles. The molecule has 0 N–H and O–H groups in total. The van der Waals surface area contributed by atoms with Crippen LogP contribution in [0.1, 0.15) is 54.5 Å². The molecule has 2 aromatic heterocycles. The Hall–Kier alpha value is -2.06. The second-order valence-corrected chi connectivity index (χ2v) is 12.3. The normalized spacial score (nSPS) is 18.1. The number of hydrogen-bond donors (Lipinski definition) is 0. The Bertz CT molecular complexity index is 1250. The molecule has 172 valence electrons. The number of hydrogen-bond acceptors (Lipinski definition) is 5. The molecule has 0 bridgehead atoms. The largest absolute Gasteiger partial charge is 0.344 e. The van der Waals surface area contributed by atoms with Crippen LogP contribution < -0.4 is 0 Å². The summed E-state index contributed by atoms with van der Waals surface area (Å²) >= 11 is 1.48. The summed E-state index contributed by atoms with van der Waals surface area (Å²) in [6.07, 6.45) is 1.66. The minimum absolute atomic E-state index is 0.0534. The van der Waals surface area contributed by atoms with Gasteiger partial charge in [-0.15, -0.1) is 0 Å². The molecule has 0 spiro atoms. The van der Waals surface area contributed by atoms with Gasteiger partial charge >= 0.3 is 0 Å². The van der Waals surface area contributed by atoms with E-state index < -0.39 is 9.84 Å². The van der Waals surface area contributed by atoms with Gasteiger partial charge in [-0.25, -0.2) is 13.4 Å². The van der Waals surface area contributed by atoms with E-state index in [0.717, 1.165) is 40.5 Å². The summed E-state index contributed by atoms with van der Waals surface area (Å²) in [6, 6.07) is 9.93. The molecule has 8 heteroatoms. The zero-order chi connectivity index (χ0) is 23.0. The molecule has 3 heterocycles. The van der Waals surface area contributed by atoms with Crippen LogP contribution in [0.4, 0.5) is 0 Å². The van der Waals surface area contributed by atoms with Crippen molar-refractivity contribution in [3.05, 3.63) is 47.3 Å². The molecular formula is C24H31N3O3S2. The van der Waals surface area contributed by atoms with Crippen molar-refractivity contribution in [2.75, 3.05) is 17.3 Å². The number of carbonyl (C=O) groups excluding carboxylic acids is 1. The van der Waals surface area contributed by atoms with E-state index >= 15 is 0 Å². The van der Waals surface area contributed by atoms with Crippen molar-refractivity contribution in [1.29, 1.82) is 0 Å². The Morgan fingerprint density at radius 2 is 2.00 bits per heavy atom. The summed E-state index contributed by atoms with van der Waals surface area (Å²) in [5, 5.41) is 0.871. The minimum Gasteiger partial charge on any atom is -0.344 e. The van der Waals surface area contributed by atoms with Gasteiger partial charge in [0.05, 0.1) is 28.3 Å². The molecule has 0 radical (unpaired) electrons. The highest BCUT2D eigenvalue weighted by molar-refractivity contribution is 7.99. The molecule has 1 aliphatic heterocycles. The van der Waals surface area contributed by atoms with Gasteiger partial charge in [-0.3, -0.25) is 4.79 Å². The lowest BCUT2D eigenvalue weighted by Crippen LogP contribution is -2.14. The molecule has 0 saturated carbocycles. The number of rotatable bonds is 8. The van der Waals surface area contributed by atoms with Crippen LogP contribution in [0.15, 0.2) is 35.5 Å². The molecule has 1 atom stereocenters. The van der Waals surface area contributed by atoms with E-state index in [-0.39, 0.29) is 23.3 Å². The van der Waals surface area contributed by atoms with Crippen LogP contribution >= 0.6 is 11.8 Å². The number of imidazole rings is 1. The molecular weight excluding hydrogens is 442 g/mol. The number of Topliss-reactive ketones (excluding diaryl/α,β-unsaturated/α-hetero) is 1. The first-order chi connectivity index (χ1) is 15.2. The number of benzene rings is 1. The first kappa shape index (κ1) is 23.1. The molecule has 0 amide bonds. The van der Waals surface area contributed by atoms with Crippen molar-refractivity contribution in [1.82, 2.24) is 14.1 Å². The first-order valence-electron chi connectivity index (χ1n) is 11.2. The molecule has 3 aromatic rings. The lowest BCUT2D eigenvalue weighted by atomic mass is 10.1. The Morgan fingerprint density at radius 1 is 1.25 bits per heavy atom. The second kappa shape index (κ2) is 9.06. The first-order valence-corrected chi connectivity index (χ1v) is 14.0. The van der Waals surface area contributed by atoms with Gasteiger partial charge < -0.3 is 9.13 Å². The average Bonchev–Trinajstić information content (AvgIpc) is 3.36. The molecule has 1 aliphatic rings. The number of nitrogens with zero attached hydrogens (tertiary/aromatic N) is 3. The van der Waals surface area contributed by atoms with Gasteiger partial charge in [-0.2, -0.15) is 0 Å². The number of thioether (sulfide) groups is 1. The van der Waals surface area contributed by atoms with Crippen molar-refractivity contribution in [2.24, 2.45) is 5.92 Å². The van der Waals surface area contributed by atoms with Crippen molar-refractivity contribution in [3.8, 4) is 0 Å². The lowest BCUT2D eigenvalue weighted by Gasteiger charge is -2.16. The zero-order valence-corrected chi connectivity index (χ0v) is 20.8. The summed E-state index contributed by atoms with van der Waals surface area (Å²) in [6.45, 7) is 9.17. The number of aromatic nitrogens is 3. The van der Waals surface area contributed by atoms with Crippen molar-refractivity contribution in [3.63, 3.8) is 0 Å². The quantitative estimate of drug-likeness (QED) is 0.346. The van der Waals surface area contributed by atoms with Gasteiger partial charge in [0.25, 0.3) is 0 Å². The number of fused-ring (bicyclic) bond motifs is 1. The smallest absolute Gasteiger partial charge is 0.175 e. The molecule has 32 heavy (non-hydrogen) atoms. The standard InChI is InChI=1S/C24H31N3O3S2/c1-16(2)9-11-26-22-8-6-5-7-21(22)25-24(26)31-14-23(28)20-13-17(3)27(18(20)4)19-10-12-32(29,30)15-19/h5-8,13,16,19H,9-12,14-15H2,1-4H3/t19-/m1/s1. The highest BCUT2D eigenvalue weighted by Gasteiger charge is 2.31. The average molecular weight is 474 g/mol. The Labute approximate surface area is 194 Å². The van der Waals surface area contributed by atoms with Crippen LogP contribution in [-0.4, -0.2) is 45.6 Å². The van der Waals surface area contributed by atoms with Crippen molar-refractivity contribution < 1.29 is 13.2 Å². The third kappa shape index (κ3) is 4.66. The third-order valence-electron chi connectivity index (χ3n) is 6.24. The highest BCUT2D eigenvalue weighted by atomic mass is 32.2. The van der Waals surface area contributed by atoms with Crippen molar-refractivity contribution in [2.45, 2.75) is 58.3 Å². The zero-order valence-electron chi connectivity index (χ0n) is 19.2. The topological polar surface area (TPSA) is 74.0 Å². The van der Waals surface area contributed by atoms with E-state index in [1.165, 1.54) is 11.8 Å². The van der Waals surface area contributed by atoms with Crippen LogP contribution in [0.25, 0.3) is 11.0 Å². The van der Waals surface area contributed by atoms with Gasteiger partial charge in [0.2, 0.25) is 0 Å². The fourth-order valence-electron chi connectivity index (χ4n) is 4.58. The molecule has 1 saturated heterocycles. The van der Waals surface area contributed by atoms with E-state index in [1.54, 1.807) is 0 Å². The van der Waals surface area contributed by atoms with Gasteiger partial charge in [0, 0.05) is 29.5 Å². The summed E-state index contributed by atoms with van der Waals surface area (Å²) < 4.78 is 28.2. The summed E-state index contributed by atoms with van der Waals surface area (Å²) in [5.74, 6) is 1.32. The molecule has 0 unspecified atom stereocenters. The van der Waals surface area contributed by atoms with Gasteiger partial charge in [0.15, 0.2) is 20.8 Å². The van der Waals surface area contributed by atoms with Crippen molar-refractivity contribution >= 4 is 38.4 Å². The Morgan fingerprint density at radius 3 is 2.69 bits per heavy atom. The van der Waals surface area contributed by atoms with Crippen LogP contribution in [0.5, 0.6) is 0 Å². The van der Waals surface area contributed by atoms with E-state index in [9.17, 15) is 13.2 Å². The van der Waals surface area contributed by atoms with Gasteiger partial charge in [0.1, 0.15) is 0 Å². The number of para-hydroxylation sites is 2.